The van der Waals surface area contributed by atoms with E-state index in [2.05, 4.69) is 10.3 Å². The van der Waals surface area contributed by atoms with Crippen molar-refractivity contribution < 1.29 is 14.3 Å². The largest absolute Gasteiger partial charge is 0.461 e. The summed E-state index contributed by atoms with van der Waals surface area (Å²) in [5.41, 5.74) is 2.81. The number of anilines is 1. The third-order valence-electron chi connectivity index (χ3n) is 3.55. The van der Waals surface area contributed by atoms with Crippen LogP contribution in [0, 0.1) is 13.8 Å². The third-order valence-corrected chi connectivity index (χ3v) is 3.55. The van der Waals surface area contributed by atoms with E-state index >= 15 is 0 Å². The Morgan fingerprint density at radius 1 is 1.36 bits per heavy atom. The summed E-state index contributed by atoms with van der Waals surface area (Å²) >= 11 is 0. The number of amides is 1. The van der Waals surface area contributed by atoms with Crippen LogP contribution < -0.4 is 5.32 Å². The van der Waals surface area contributed by atoms with Crippen LogP contribution in [0.3, 0.4) is 0 Å². The number of rotatable bonds is 4. The fraction of sp³-hybridized carbons (Fsp3) is 0.312. The second kappa shape index (κ2) is 6.43. The molecule has 0 aromatic carbocycles. The Balaban J connectivity index is 2.37. The lowest BCUT2D eigenvalue weighted by atomic mass is 10.1. The number of aromatic nitrogens is 2. The molecule has 0 atom stereocenters. The van der Waals surface area contributed by atoms with Crippen molar-refractivity contribution in [2.75, 3.05) is 11.9 Å². The number of pyridine rings is 1. The first-order valence-electron chi connectivity index (χ1n) is 7.01. The Labute approximate surface area is 129 Å². The Morgan fingerprint density at radius 2 is 2.09 bits per heavy atom. The van der Waals surface area contributed by atoms with E-state index in [-0.39, 0.29) is 5.91 Å². The van der Waals surface area contributed by atoms with Crippen molar-refractivity contribution in [3.63, 3.8) is 0 Å². The minimum absolute atomic E-state index is 0.269. The standard InChI is InChI=1S/C16H19N3O3/c1-5-22-16(21)14-10(2)13(11(3)19(14)4)15(20)18-12-7-6-8-17-9-12/h6-9H,5H2,1-4H3,(H,18,20). The van der Waals surface area contributed by atoms with Crippen molar-refractivity contribution in [2.24, 2.45) is 7.05 Å². The van der Waals surface area contributed by atoms with Crippen LogP contribution in [0.25, 0.3) is 0 Å². The lowest BCUT2D eigenvalue weighted by molar-refractivity contribution is 0.0514. The van der Waals surface area contributed by atoms with E-state index in [1.165, 1.54) is 0 Å². The highest BCUT2D eigenvalue weighted by molar-refractivity contribution is 6.08. The van der Waals surface area contributed by atoms with Crippen molar-refractivity contribution in [3.8, 4) is 0 Å². The van der Waals surface area contributed by atoms with E-state index < -0.39 is 5.97 Å². The van der Waals surface area contributed by atoms with E-state index in [0.29, 0.717) is 34.8 Å². The first-order chi connectivity index (χ1) is 10.5. The summed E-state index contributed by atoms with van der Waals surface area (Å²) < 4.78 is 6.74. The van der Waals surface area contributed by atoms with Crippen molar-refractivity contribution >= 4 is 17.6 Å². The molecular formula is C16H19N3O3. The second-order valence-electron chi connectivity index (χ2n) is 4.91. The van der Waals surface area contributed by atoms with Crippen LogP contribution in [0.5, 0.6) is 0 Å². The molecule has 1 amide bonds. The quantitative estimate of drug-likeness (QED) is 0.880. The molecule has 6 heteroatoms. The van der Waals surface area contributed by atoms with Gasteiger partial charge in [-0.3, -0.25) is 9.78 Å². The Bertz CT molecular complexity index is 705. The molecule has 1 N–H and O–H groups in total. The molecule has 0 saturated carbocycles. The number of ether oxygens (including phenoxy) is 1. The van der Waals surface area contributed by atoms with Gasteiger partial charge in [0.05, 0.1) is 24.1 Å². The molecule has 0 aliphatic heterocycles. The summed E-state index contributed by atoms with van der Waals surface area (Å²) in [5, 5.41) is 2.78. The van der Waals surface area contributed by atoms with E-state index in [1.807, 2.05) is 0 Å². The minimum Gasteiger partial charge on any atom is -0.461 e. The van der Waals surface area contributed by atoms with Gasteiger partial charge in [-0.1, -0.05) is 0 Å². The zero-order valence-corrected chi connectivity index (χ0v) is 13.1. The molecule has 0 saturated heterocycles. The predicted octanol–water partition coefficient (Wildman–Crippen LogP) is 2.47. The Hall–Kier alpha value is -2.63. The highest BCUT2D eigenvalue weighted by atomic mass is 16.5. The first-order valence-corrected chi connectivity index (χ1v) is 7.01. The molecule has 0 aliphatic carbocycles. The van der Waals surface area contributed by atoms with Gasteiger partial charge < -0.3 is 14.6 Å². The van der Waals surface area contributed by atoms with Gasteiger partial charge in [-0.2, -0.15) is 0 Å². The van der Waals surface area contributed by atoms with E-state index in [9.17, 15) is 9.59 Å². The van der Waals surface area contributed by atoms with Crippen LogP contribution in [0.1, 0.15) is 39.0 Å². The van der Waals surface area contributed by atoms with Crippen molar-refractivity contribution in [3.05, 3.63) is 47.0 Å². The van der Waals surface area contributed by atoms with E-state index in [4.69, 9.17) is 4.74 Å². The zero-order chi connectivity index (χ0) is 16.3. The topological polar surface area (TPSA) is 73.2 Å². The number of carbonyl (C=O) groups excluding carboxylic acids is 2. The van der Waals surface area contributed by atoms with Gasteiger partial charge in [0, 0.05) is 18.9 Å². The smallest absolute Gasteiger partial charge is 0.355 e. The maximum atomic E-state index is 12.5. The fourth-order valence-corrected chi connectivity index (χ4v) is 2.43. The summed E-state index contributed by atoms with van der Waals surface area (Å²) in [6, 6.07) is 3.50. The molecule has 0 unspecified atom stereocenters. The fourth-order valence-electron chi connectivity index (χ4n) is 2.43. The Morgan fingerprint density at radius 3 is 2.68 bits per heavy atom. The summed E-state index contributed by atoms with van der Waals surface area (Å²) in [7, 11) is 1.75. The van der Waals surface area contributed by atoms with Crippen LogP contribution in [0.15, 0.2) is 24.5 Å². The van der Waals surface area contributed by atoms with Gasteiger partial charge in [-0.05, 0) is 38.5 Å². The Kier molecular flexibility index (Phi) is 4.60. The summed E-state index contributed by atoms with van der Waals surface area (Å²) in [6.45, 7) is 5.59. The van der Waals surface area contributed by atoms with Gasteiger partial charge >= 0.3 is 5.97 Å². The molecule has 0 aliphatic rings. The molecule has 6 nitrogen and oxygen atoms in total. The molecule has 2 heterocycles. The number of hydrogen-bond donors (Lipinski definition) is 1. The highest BCUT2D eigenvalue weighted by Gasteiger charge is 2.25. The average Bonchev–Trinajstić information content (AvgIpc) is 2.70. The third kappa shape index (κ3) is 2.86. The molecule has 2 aromatic rings. The van der Waals surface area contributed by atoms with Gasteiger partial charge in [0.2, 0.25) is 0 Å². The van der Waals surface area contributed by atoms with Crippen molar-refractivity contribution in [1.82, 2.24) is 9.55 Å². The first kappa shape index (κ1) is 15.8. The highest BCUT2D eigenvalue weighted by Crippen LogP contribution is 2.23. The molecular weight excluding hydrogens is 282 g/mol. The second-order valence-corrected chi connectivity index (χ2v) is 4.91. The summed E-state index contributed by atoms with van der Waals surface area (Å²) in [4.78, 5) is 28.5. The molecule has 0 spiro atoms. The summed E-state index contributed by atoms with van der Waals surface area (Å²) in [6.07, 6.45) is 3.20. The molecule has 0 radical (unpaired) electrons. The number of hydrogen-bond acceptors (Lipinski definition) is 4. The lowest BCUT2D eigenvalue weighted by Crippen LogP contribution is -2.14. The number of nitrogens with zero attached hydrogens (tertiary/aromatic N) is 2. The van der Waals surface area contributed by atoms with Crippen LogP contribution in [0.4, 0.5) is 5.69 Å². The minimum atomic E-state index is -0.425. The monoisotopic (exact) mass is 301 g/mol. The molecule has 2 rings (SSSR count). The van der Waals surface area contributed by atoms with E-state index in [1.54, 1.807) is 56.9 Å². The molecule has 116 valence electrons. The number of nitrogens with one attached hydrogen (secondary N) is 1. The lowest BCUT2D eigenvalue weighted by Gasteiger charge is -2.05. The molecule has 0 fully saturated rings. The molecule has 0 bridgehead atoms. The normalized spacial score (nSPS) is 10.4. The van der Waals surface area contributed by atoms with Gasteiger partial charge in [0.25, 0.3) is 5.91 Å². The average molecular weight is 301 g/mol. The van der Waals surface area contributed by atoms with Crippen LogP contribution in [-0.4, -0.2) is 28.0 Å². The predicted molar refractivity (Wildman–Crippen MR) is 83.0 cm³/mol. The van der Waals surface area contributed by atoms with Gasteiger partial charge in [0.1, 0.15) is 5.69 Å². The number of carbonyl (C=O) groups is 2. The van der Waals surface area contributed by atoms with E-state index in [0.717, 1.165) is 0 Å². The van der Waals surface area contributed by atoms with Crippen LogP contribution in [-0.2, 0) is 11.8 Å². The zero-order valence-electron chi connectivity index (χ0n) is 13.1. The van der Waals surface area contributed by atoms with Gasteiger partial charge in [-0.25, -0.2) is 4.79 Å². The van der Waals surface area contributed by atoms with Gasteiger partial charge in [-0.15, -0.1) is 0 Å². The van der Waals surface area contributed by atoms with Gasteiger partial charge in [0.15, 0.2) is 0 Å². The van der Waals surface area contributed by atoms with Crippen molar-refractivity contribution in [1.29, 1.82) is 0 Å². The number of esters is 1. The molecule has 22 heavy (non-hydrogen) atoms. The summed E-state index contributed by atoms with van der Waals surface area (Å²) in [5.74, 6) is -0.694. The maximum absolute atomic E-state index is 12.5. The molecule has 2 aromatic heterocycles. The van der Waals surface area contributed by atoms with Crippen molar-refractivity contribution in [2.45, 2.75) is 20.8 Å². The SMILES string of the molecule is CCOC(=O)c1c(C)c(C(=O)Nc2cccnc2)c(C)n1C. The van der Waals surface area contributed by atoms with Crippen LogP contribution >= 0.6 is 0 Å². The van der Waals surface area contributed by atoms with Crippen LogP contribution in [0.2, 0.25) is 0 Å². The maximum Gasteiger partial charge on any atom is 0.355 e.